The van der Waals surface area contributed by atoms with Gasteiger partial charge in [0.25, 0.3) is 0 Å². The van der Waals surface area contributed by atoms with E-state index in [0.717, 1.165) is 13.0 Å². The standard InChI is InChI=1S/C13H15NO5/c14-10-4-12-11(18-7-19-12)3-9(10)13(15)17-6-8-1-2-16-5-8/h3-4,8H,1-2,5-7,14H2. The number of ether oxygens (including phenoxy) is 4. The Kier molecular flexibility index (Phi) is 3.16. The summed E-state index contributed by atoms with van der Waals surface area (Å²) >= 11 is 0. The van der Waals surface area contributed by atoms with Gasteiger partial charge < -0.3 is 24.7 Å². The van der Waals surface area contributed by atoms with Crippen LogP contribution in [0, 0.1) is 5.92 Å². The van der Waals surface area contributed by atoms with Crippen LogP contribution in [0.5, 0.6) is 11.5 Å². The fourth-order valence-electron chi connectivity index (χ4n) is 2.12. The minimum Gasteiger partial charge on any atom is -0.462 e. The number of nitrogens with two attached hydrogens (primary N) is 1. The normalized spacial score (nSPS) is 20.5. The van der Waals surface area contributed by atoms with Crippen LogP contribution in [0.25, 0.3) is 0 Å². The molecule has 0 amide bonds. The topological polar surface area (TPSA) is 80.0 Å². The SMILES string of the molecule is Nc1cc2c(cc1C(=O)OCC1CCOC1)OCO2. The molecule has 3 rings (SSSR count). The van der Waals surface area contributed by atoms with Crippen molar-refractivity contribution in [2.24, 2.45) is 5.92 Å². The highest BCUT2D eigenvalue weighted by Gasteiger charge is 2.22. The number of carbonyl (C=O) groups excluding carboxylic acids is 1. The summed E-state index contributed by atoms with van der Waals surface area (Å²) in [6.45, 7) is 1.87. The van der Waals surface area contributed by atoms with E-state index in [1.807, 2.05) is 0 Å². The molecule has 0 radical (unpaired) electrons. The Bertz CT molecular complexity index is 496. The van der Waals surface area contributed by atoms with Gasteiger partial charge in [0.1, 0.15) is 0 Å². The number of benzene rings is 1. The third-order valence-electron chi connectivity index (χ3n) is 3.24. The first kappa shape index (κ1) is 12.1. The first-order valence-corrected chi connectivity index (χ1v) is 6.18. The van der Waals surface area contributed by atoms with Crippen LogP contribution in [-0.4, -0.2) is 32.6 Å². The summed E-state index contributed by atoms with van der Waals surface area (Å²) in [5, 5.41) is 0. The summed E-state index contributed by atoms with van der Waals surface area (Å²) in [5.74, 6) is 0.908. The van der Waals surface area contributed by atoms with E-state index in [4.69, 9.17) is 24.7 Å². The van der Waals surface area contributed by atoms with E-state index >= 15 is 0 Å². The van der Waals surface area contributed by atoms with Gasteiger partial charge in [-0.25, -0.2) is 4.79 Å². The van der Waals surface area contributed by atoms with Gasteiger partial charge in [0.05, 0.1) is 24.5 Å². The number of hydrogen-bond donors (Lipinski definition) is 1. The first-order valence-electron chi connectivity index (χ1n) is 6.18. The van der Waals surface area contributed by atoms with Crippen molar-refractivity contribution < 1.29 is 23.7 Å². The van der Waals surface area contributed by atoms with Crippen molar-refractivity contribution in [2.75, 3.05) is 32.3 Å². The first-order chi connectivity index (χ1) is 9.24. The average molecular weight is 265 g/mol. The van der Waals surface area contributed by atoms with Crippen molar-refractivity contribution in [1.82, 2.24) is 0 Å². The van der Waals surface area contributed by atoms with Gasteiger partial charge >= 0.3 is 5.97 Å². The lowest BCUT2D eigenvalue weighted by atomic mass is 10.1. The van der Waals surface area contributed by atoms with Gasteiger partial charge in [0, 0.05) is 24.7 Å². The molecule has 1 fully saturated rings. The molecule has 2 N–H and O–H groups in total. The number of rotatable bonds is 3. The van der Waals surface area contributed by atoms with Crippen LogP contribution in [0.3, 0.4) is 0 Å². The Hall–Kier alpha value is -1.95. The molecule has 0 spiro atoms. The molecule has 0 bridgehead atoms. The van der Waals surface area contributed by atoms with Crippen LogP contribution in [0.15, 0.2) is 12.1 Å². The predicted molar refractivity (Wildman–Crippen MR) is 66.2 cm³/mol. The van der Waals surface area contributed by atoms with Gasteiger partial charge in [-0.2, -0.15) is 0 Å². The molecule has 6 nitrogen and oxygen atoms in total. The van der Waals surface area contributed by atoms with Crippen LogP contribution in [0.4, 0.5) is 5.69 Å². The number of fused-ring (bicyclic) bond motifs is 1. The summed E-state index contributed by atoms with van der Waals surface area (Å²) in [6, 6.07) is 3.14. The minimum absolute atomic E-state index is 0.146. The molecular weight excluding hydrogens is 250 g/mol. The van der Waals surface area contributed by atoms with Crippen molar-refractivity contribution in [3.8, 4) is 11.5 Å². The van der Waals surface area contributed by atoms with Crippen molar-refractivity contribution in [3.63, 3.8) is 0 Å². The number of nitrogen functional groups attached to an aromatic ring is 1. The Labute approximate surface area is 110 Å². The lowest BCUT2D eigenvalue weighted by molar-refractivity contribution is 0.0429. The molecular formula is C13H15NO5. The number of carbonyl (C=O) groups is 1. The van der Waals surface area contributed by atoms with Gasteiger partial charge in [0.2, 0.25) is 6.79 Å². The average Bonchev–Trinajstić information content (AvgIpc) is 3.05. The second-order valence-corrected chi connectivity index (χ2v) is 4.62. The maximum Gasteiger partial charge on any atom is 0.340 e. The van der Waals surface area contributed by atoms with E-state index in [-0.39, 0.29) is 12.7 Å². The van der Waals surface area contributed by atoms with Crippen molar-refractivity contribution in [1.29, 1.82) is 0 Å². The quantitative estimate of drug-likeness (QED) is 0.653. The van der Waals surface area contributed by atoms with Gasteiger partial charge in [-0.3, -0.25) is 0 Å². The molecule has 6 heteroatoms. The third kappa shape index (κ3) is 2.44. The fourth-order valence-corrected chi connectivity index (χ4v) is 2.12. The minimum atomic E-state index is -0.442. The van der Waals surface area contributed by atoms with Crippen LogP contribution >= 0.6 is 0 Å². The van der Waals surface area contributed by atoms with E-state index < -0.39 is 5.97 Å². The molecule has 1 aromatic rings. The predicted octanol–water partition coefficient (Wildman–Crippen LogP) is 1.19. The maximum atomic E-state index is 12.0. The van der Waals surface area contributed by atoms with Crippen molar-refractivity contribution >= 4 is 11.7 Å². The van der Waals surface area contributed by atoms with E-state index in [2.05, 4.69) is 0 Å². The van der Waals surface area contributed by atoms with Crippen LogP contribution in [-0.2, 0) is 9.47 Å². The van der Waals surface area contributed by atoms with E-state index in [1.54, 1.807) is 12.1 Å². The lowest BCUT2D eigenvalue weighted by Crippen LogP contribution is -2.15. The summed E-state index contributed by atoms with van der Waals surface area (Å²) in [7, 11) is 0. The maximum absolute atomic E-state index is 12.0. The van der Waals surface area contributed by atoms with Crippen molar-refractivity contribution in [2.45, 2.75) is 6.42 Å². The molecule has 2 aliphatic heterocycles. The second-order valence-electron chi connectivity index (χ2n) is 4.62. The van der Waals surface area contributed by atoms with E-state index in [9.17, 15) is 4.79 Å². The van der Waals surface area contributed by atoms with Crippen LogP contribution < -0.4 is 15.2 Å². The summed E-state index contributed by atoms with van der Waals surface area (Å²) in [5.41, 5.74) is 6.46. The Morgan fingerprint density at radius 1 is 1.37 bits per heavy atom. The molecule has 1 unspecified atom stereocenters. The molecule has 2 aliphatic rings. The summed E-state index contributed by atoms with van der Waals surface area (Å²) in [4.78, 5) is 12.0. The summed E-state index contributed by atoms with van der Waals surface area (Å²) in [6.07, 6.45) is 0.921. The zero-order chi connectivity index (χ0) is 13.2. The van der Waals surface area contributed by atoms with Gasteiger partial charge in [-0.05, 0) is 6.42 Å². The van der Waals surface area contributed by atoms with Crippen molar-refractivity contribution in [3.05, 3.63) is 17.7 Å². The Morgan fingerprint density at radius 3 is 2.89 bits per heavy atom. The van der Waals surface area contributed by atoms with Crippen LogP contribution in [0.2, 0.25) is 0 Å². The van der Waals surface area contributed by atoms with Gasteiger partial charge in [-0.15, -0.1) is 0 Å². The number of anilines is 1. The highest BCUT2D eigenvalue weighted by molar-refractivity contribution is 5.96. The number of hydrogen-bond acceptors (Lipinski definition) is 6. The molecule has 1 aromatic carbocycles. The smallest absolute Gasteiger partial charge is 0.340 e. The van der Waals surface area contributed by atoms with Gasteiger partial charge in [0.15, 0.2) is 11.5 Å². The molecule has 19 heavy (non-hydrogen) atoms. The second kappa shape index (κ2) is 4.97. The molecule has 0 saturated carbocycles. The Balaban J connectivity index is 1.69. The van der Waals surface area contributed by atoms with Gasteiger partial charge in [-0.1, -0.05) is 0 Å². The lowest BCUT2D eigenvalue weighted by Gasteiger charge is -2.10. The van der Waals surface area contributed by atoms with Crippen LogP contribution in [0.1, 0.15) is 16.8 Å². The molecule has 1 atom stereocenters. The van der Waals surface area contributed by atoms with E-state index in [1.165, 1.54) is 0 Å². The summed E-state index contributed by atoms with van der Waals surface area (Å²) < 4.78 is 20.9. The molecule has 0 aromatic heterocycles. The highest BCUT2D eigenvalue weighted by Crippen LogP contribution is 2.36. The molecule has 0 aliphatic carbocycles. The fraction of sp³-hybridized carbons (Fsp3) is 0.462. The molecule has 2 heterocycles. The molecule has 102 valence electrons. The Morgan fingerprint density at radius 2 is 2.16 bits per heavy atom. The number of esters is 1. The highest BCUT2D eigenvalue weighted by atomic mass is 16.7. The monoisotopic (exact) mass is 265 g/mol. The zero-order valence-electron chi connectivity index (χ0n) is 10.4. The van der Waals surface area contributed by atoms with E-state index in [0.29, 0.717) is 36.0 Å². The largest absolute Gasteiger partial charge is 0.462 e. The molecule has 1 saturated heterocycles. The zero-order valence-corrected chi connectivity index (χ0v) is 10.4. The third-order valence-corrected chi connectivity index (χ3v) is 3.24.